The molecule has 30 heavy (non-hydrogen) atoms. The molecule has 0 aliphatic carbocycles. The van der Waals surface area contributed by atoms with Crippen molar-refractivity contribution in [1.29, 1.82) is 0 Å². The van der Waals surface area contributed by atoms with Gasteiger partial charge in [0, 0.05) is 24.4 Å². The molecule has 1 N–H and O–H groups in total. The van der Waals surface area contributed by atoms with E-state index in [2.05, 4.69) is 20.6 Å². The molecule has 0 saturated heterocycles. The van der Waals surface area contributed by atoms with Gasteiger partial charge in [-0.2, -0.15) is 10.1 Å². The van der Waals surface area contributed by atoms with Gasteiger partial charge in [0.15, 0.2) is 0 Å². The Morgan fingerprint density at radius 3 is 2.53 bits per heavy atom. The minimum atomic E-state index is -0.230. The van der Waals surface area contributed by atoms with E-state index in [1.165, 1.54) is 0 Å². The predicted octanol–water partition coefficient (Wildman–Crippen LogP) is 4.11. The Balaban J connectivity index is 1.62. The summed E-state index contributed by atoms with van der Waals surface area (Å²) in [5.41, 5.74) is 4.45. The number of nitrogens with one attached hydrogen (secondary N) is 1. The first-order chi connectivity index (χ1) is 14.4. The summed E-state index contributed by atoms with van der Waals surface area (Å²) in [7, 11) is 1.60. The fourth-order valence-electron chi connectivity index (χ4n) is 3.09. The first-order valence-corrected chi connectivity index (χ1v) is 9.38. The molecule has 0 fully saturated rings. The highest BCUT2D eigenvalue weighted by Gasteiger charge is 2.16. The fraction of sp³-hybridized carbons (Fsp3) is 0.182. The first kappa shape index (κ1) is 19.4. The van der Waals surface area contributed by atoms with Crippen molar-refractivity contribution < 1.29 is 14.1 Å². The lowest BCUT2D eigenvalue weighted by molar-refractivity contribution is 0.102. The van der Waals surface area contributed by atoms with E-state index >= 15 is 0 Å². The lowest BCUT2D eigenvalue weighted by Crippen LogP contribution is -2.12. The molecule has 0 saturated carbocycles. The van der Waals surface area contributed by atoms with Crippen LogP contribution < -0.4 is 10.1 Å². The minimum absolute atomic E-state index is 0.230. The van der Waals surface area contributed by atoms with Crippen LogP contribution in [-0.2, 0) is 0 Å². The largest absolute Gasteiger partial charge is 0.497 e. The quantitative estimate of drug-likeness (QED) is 0.539. The van der Waals surface area contributed by atoms with Crippen LogP contribution >= 0.6 is 0 Å². The van der Waals surface area contributed by atoms with Crippen molar-refractivity contribution in [2.24, 2.45) is 0 Å². The van der Waals surface area contributed by atoms with E-state index in [-0.39, 0.29) is 5.91 Å². The number of hydrogen-bond acceptors (Lipinski definition) is 6. The van der Waals surface area contributed by atoms with Gasteiger partial charge in [-0.15, -0.1) is 0 Å². The van der Waals surface area contributed by atoms with Crippen LogP contribution in [0, 0.1) is 20.8 Å². The van der Waals surface area contributed by atoms with Crippen molar-refractivity contribution in [1.82, 2.24) is 19.9 Å². The molecule has 2 heterocycles. The summed E-state index contributed by atoms with van der Waals surface area (Å²) in [4.78, 5) is 17.1. The highest BCUT2D eigenvalue weighted by atomic mass is 16.5. The SMILES string of the molecule is COc1ccc(NC(=O)c2cn(-c3cc(-c4noc(C)n4)ccc3C)nc2C)cc1. The molecule has 4 rings (SSSR count). The number of anilines is 1. The Bertz CT molecular complexity index is 1210. The lowest BCUT2D eigenvalue weighted by Gasteiger charge is -2.07. The number of aryl methyl sites for hydroxylation is 3. The normalized spacial score (nSPS) is 10.8. The Labute approximate surface area is 173 Å². The number of aromatic nitrogens is 4. The molecular weight excluding hydrogens is 382 g/mol. The number of carbonyl (C=O) groups is 1. The molecule has 8 nitrogen and oxygen atoms in total. The molecule has 152 valence electrons. The average Bonchev–Trinajstić information content (AvgIpc) is 3.34. The Morgan fingerprint density at radius 2 is 1.87 bits per heavy atom. The van der Waals surface area contributed by atoms with Crippen LogP contribution in [0.2, 0.25) is 0 Å². The van der Waals surface area contributed by atoms with Gasteiger partial charge in [-0.1, -0.05) is 17.3 Å². The summed E-state index contributed by atoms with van der Waals surface area (Å²) in [6.07, 6.45) is 1.72. The maximum absolute atomic E-state index is 12.8. The molecule has 0 radical (unpaired) electrons. The van der Waals surface area contributed by atoms with Gasteiger partial charge in [0.25, 0.3) is 5.91 Å². The standard InChI is InChI=1S/C22H21N5O3/c1-13-5-6-16(21-23-15(3)30-26-21)11-20(13)27-12-19(14(2)25-27)22(28)24-17-7-9-18(29-4)10-8-17/h5-12H,1-4H3,(H,24,28). The second kappa shape index (κ2) is 7.82. The van der Waals surface area contributed by atoms with E-state index in [9.17, 15) is 4.79 Å². The molecule has 2 aromatic carbocycles. The van der Waals surface area contributed by atoms with Crippen molar-refractivity contribution in [3.63, 3.8) is 0 Å². The van der Waals surface area contributed by atoms with Gasteiger partial charge in [0.1, 0.15) is 5.75 Å². The van der Waals surface area contributed by atoms with Crippen LogP contribution in [0.5, 0.6) is 5.75 Å². The van der Waals surface area contributed by atoms with Gasteiger partial charge in [0.05, 0.1) is 24.1 Å². The fourth-order valence-corrected chi connectivity index (χ4v) is 3.09. The number of hydrogen-bond donors (Lipinski definition) is 1. The van der Waals surface area contributed by atoms with Crippen LogP contribution in [-0.4, -0.2) is 32.9 Å². The van der Waals surface area contributed by atoms with E-state index in [1.807, 2.05) is 25.1 Å². The van der Waals surface area contributed by atoms with Gasteiger partial charge in [-0.3, -0.25) is 4.79 Å². The molecular formula is C22H21N5O3. The zero-order valence-corrected chi connectivity index (χ0v) is 17.1. The summed E-state index contributed by atoms with van der Waals surface area (Å²) < 4.78 is 11.9. The van der Waals surface area contributed by atoms with E-state index < -0.39 is 0 Å². The molecule has 0 unspecified atom stereocenters. The molecule has 1 amide bonds. The van der Waals surface area contributed by atoms with E-state index in [0.717, 1.165) is 22.6 Å². The third kappa shape index (κ3) is 3.80. The van der Waals surface area contributed by atoms with Crippen molar-refractivity contribution in [3.05, 3.63) is 71.4 Å². The minimum Gasteiger partial charge on any atom is -0.497 e. The summed E-state index contributed by atoms with van der Waals surface area (Å²) >= 11 is 0. The van der Waals surface area contributed by atoms with Gasteiger partial charge in [-0.05, 0) is 49.7 Å². The third-order valence-corrected chi connectivity index (χ3v) is 4.73. The van der Waals surface area contributed by atoms with E-state index in [1.54, 1.807) is 56.1 Å². The van der Waals surface area contributed by atoms with Gasteiger partial charge in [0.2, 0.25) is 11.7 Å². The Morgan fingerprint density at radius 1 is 1.10 bits per heavy atom. The number of ether oxygens (including phenoxy) is 1. The van der Waals surface area contributed by atoms with Gasteiger partial charge < -0.3 is 14.6 Å². The van der Waals surface area contributed by atoms with Crippen molar-refractivity contribution in [2.45, 2.75) is 20.8 Å². The maximum Gasteiger partial charge on any atom is 0.259 e. The van der Waals surface area contributed by atoms with Crippen LogP contribution in [0.3, 0.4) is 0 Å². The molecule has 2 aromatic heterocycles. The molecule has 0 spiro atoms. The summed E-state index contributed by atoms with van der Waals surface area (Å²) in [6, 6.07) is 13.0. The van der Waals surface area contributed by atoms with Crippen LogP contribution in [0.15, 0.2) is 53.2 Å². The van der Waals surface area contributed by atoms with E-state index in [4.69, 9.17) is 9.26 Å². The third-order valence-electron chi connectivity index (χ3n) is 4.73. The van der Waals surface area contributed by atoms with Crippen LogP contribution in [0.25, 0.3) is 17.1 Å². The highest BCUT2D eigenvalue weighted by molar-refractivity contribution is 6.05. The number of nitrogens with zero attached hydrogens (tertiary/aromatic N) is 4. The second-order valence-corrected chi connectivity index (χ2v) is 6.89. The van der Waals surface area contributed by atoms with Crippen molar-refractivity contribution in [3.8, 4) is 22.8 Å². The second-order valence-electron chi connectivity index (χ2n) is 6.89. The van der Waals surface area contributed by atoms with E-state index in [0.29, 0.717) is 28.7 Å². The summed E-state index contributed by atoms with van der Waals surface area (Å²) in [5, 5.41) is 11.4. The predicted molar refractivity (Wildman–Crippen MR) is 112 cm³/mol. The number of methoxy groups -OCH3 is 1. The molecule has 4 aromatic rings. The Hall–Kier alpha value is -3.94. The monoisotopic (exact) mass is 403 g/mol. The maximum atomic E-state index is 12.8. The Kier molecular flexibility index (Phi) is 5.05. The lowest BCUT2D eigenvalue weighted by atomic mass is 10.1. The molecule has 0 atom stereocenters. The van der Waals surface area contributed by atoms with Gasteiger partial charge >= 0.3 is 0 Å². The first-order valence-electron chi connectivity index (χ1n) is 9.38. The number of carbonyl (C=O) groups excluding carboxylic acids is 1. The van der Waals surface area contributed by atoms with Crippen LogP contribution in [0.1, 0.15) is 27.5 Å². The number of amides is 1. The summed E-state index contributed by atoms with van der Waals surface area (Å²) in [6.45, 7) is 5.53. The zero-order valence-electron chi connectivity index (χ0n) is 17.1. The highest BCUT2D eigenvalue weighted by Crippen LogP contribution is 2.24. The molecule has 8 heteroatoms. The zero-order chi connectivity index (χ0) is 21.3. The molecule has 0 aliphatic heterocycles. The van der Waals surface area contributed by atoms with Crippen molar-refractivity contribution in [2.75, 3.05) is 12.4 Å². The number of benzene rings is 2. The van der Waals surface area contributed by atoms with Crippen LogP contribution in [0.4, 0.5) is 5.69 Å². The molecule has 0 aliphatic rings. The average molecular weight is 403 g/mol. The summed E-state index contributed by atoms with van der Waals surface area (Å²) in [5.74, 6) is 1.50. The number of rotatable bonds is 5. The van der Waals surface area contributed by atoms with Crippen molar-refractivity contribution >= 4 is 11.6 Å². The smallest absolute Gasteiger partial charge is 0.259 e. The topological polar surface area (TPSA) is 95.1 Å². The van der Waals surface area contributed by atoms with Gasteiger partial charge in [-0.25, -0.2) is 4.68 Å². The molecule has 0 bridgehead atoms.